The summed E-state index contributed by atoms with van der Waals surface area (Å²) in [5, 5.41) is 0. The molecule has 0 aliphatic rings. The van der Waals surface area contributed by atoms with Crippen molar-refractivity contribution in [3.05, 3.63) is 30.6 Å². The Kier molecular flexibility index (Phi) is 4.71. The highest BCUT2D eigenvalue weighted by atomic mass is 127. The number of rotatable bonds is 4. The number of ether oxygens (including phenoxy) is 1. The molecule has 7 heteroatoms. The highest BCUT2D eigenvalue weighted by Crippen LogP contribution is 1.95. The Bertz CT molecular complexity index is 491. The molecular formula is C9H11IN2O4. The summed E-state index contributed by atoms with van der Waals surface area (Å²) in [6.45, 7) is 2.23. The van der Waals surface area contributed by atoms with E-state index < -0.39 is 11.2 Å². The van der Waals surface area contributed by atoms with Crippen LogP contribution in [0.1, 0.15) is 13.3 Å². The number of carbonyl (C=O) groups excluding carboxylic acids is 1. The van der Waals surface area contributed by atoms with Crippen molar-refractivity contribution in [2.24, 2.45) is 0 Å². The van der Waals surface area contributed by atoms with Gasteiger partial charge in [-0.25, -0.2) is 4.79 Å². The van der Waals surface area contributed by atoms with Crippen molar-refractivity contribution in [3.8, 4) is 0 Å². The van der Waals surface area contributed by atoms with Gasteiger partial charge in [-0.3, -0.25) is 19.1 Å². The Morgan fingerprint density at radius 2 is 2.25 bits per heavy atom. The molecular weight excluding hydrogens is 327 g/mol. The molecule has 0 aromatic carbocycles. The van der Waals surface area contributed by atoms with Crippen molar-refractivity contribution >= 4 is 28.6 Å². The van der Waals surface area contributed by atoms with Crippen molar-refractivity contribution in [1.29, 1.82) is 0 Å². The van der Waals surface area contributed by atoms with Crippen molar-refractivity contribution in [1.82, 2.24) is 9.55 Å². The van der Waals surface area contributed by atoms with Crippen LogP contribution in [0.15, 0.2) is 15.8 Å². The average molecular weight is 338 g/mol. The lowest BCUT2D eigenvalue weighted by Crippen LogP contribution is -2.31. The van der Waals surface area contributed by atoms with Crippen LogP contribution in [0.2, 0.25) is 0 Å². The second-order valence-electron chi connectivity index (χ2n) is 2.98. The van der Waals surface area contributed by atoms with E-state index in [1.165, 1.54) is 10.8 Å². The molecule has 1 N–H and O–H groups in total. The number of aromatic amines is 1. The van der Waals surface area contributed by atoms with E-state index in [2.05, 4.69) is 4.98 Å². The molecule has 88 valence electrons. The fourth-order valence-electron chi connectivity index (χ4n) is 1.09. The molecule has 0 saturated carbocycles. The summed E-state index contributed by atoms with van der Waals surface area (Å²) in [6, 6.07) is 0. The quantitative estimate of drug-likeness (QED) is 0.624. The van der Waals surface area contributed by atoms with Gasteiger partial charge in [-0.05, 0) is 29.5 Å². The van der Waals surface area contributed by atoms with Crippen LogP contribution in [0.5, 0.6) is 0 Å². The SMILES string of the molecule is CCOC(=O)CCn1cc(I)c(=O)[nH]c1=O. The van der Waals surface area contributed by atoms with E-state index >= 15 is 0 Å². The van der Waals surface area contributed by atoms with Crippen molar-refractivity contribution < 1.29 is 9.53 Å². The number of aryl methyl sites for hydroxylation is 1. The van der Waals surface area contributed by atoms with Gasteiger partial charge in [0.25, 0.3) is 5.56 Å². The summed E-state index contributed by atoms with van der Waals surface area (Å²) in [5.41, 5.74) is -0.937. The fourth-order valence-corrected chi connectivity index (χ4v) is 1.56. The predicted molar refractivity (Wildman–Crippen MR) is 65.3 cm³/mol. The van der Waals surface area contributed by atoms with Crippen LogP contribution in [0, 0.1) is 3.57 Å². The van der Waals surface area contributed by atoms with Crippen LogP contribution in [0.25, 0.3) is 0 Å². The summed E-state index contributed by atoms with van der Waals surface area (Å²) in [5.74, 6) is -0.365. The molecule has 0 fully saturated rings. The van der Waals surface area contributed by atoms with Crippen molar-refractivity contribution in [2.75, 3.05) is 6.61 Å². The lowest BCUT2D eigenvalue weighted by molar-refractivity contribution is -0.143. The number of hydrogen-bond acceptors (Lipinski definition) is 4. The molecule has 0 atom stereocenters. The second kappa shape index (κ2) is 5.83. The van der Waals surface area contributed by atoms with Crippen LogP contribution in [-0.4, -0.2) is 22.1 Å². The zero-order valence-corrected chi connectivity index (χ0v) is 10.8. The zero-order chi connectivity index (χ0) is 12.1. The first-order chi connectivity index (χ1) is 7.54. The first-order valence-electron chi connectivity index (χ1n) is 4.69. The number of halogens is 1. The monoisotopic (exact) mass is 338 g/mol. The van der Waals surface area contributed by atoms with Gasteiger partial charge in [-0.1, -0.05) is 0 Å². The number of nitrogens with one attached hydrogen (secondary N) is 1. The van der Waals surface area contributed by atoms with Crippen LogP contribution in [0.3, 0.4) is 0 Å². The third kappa shape index (κ3) is 3.47. The largest absolute Gasteiger partial charge is 0.466 e. The zero-order valence-electron chi connectivity index (χ0n) is 8.66. The average Bonchev–Trinajstić information content (AvgIpc) is 2.22. The van der Waals surface area contributed by atoms with Gasteiger partial charge in [-0.15, -0.1) is 0 Å². The molecule has 0 aliphatic heterocycles. The van der Waals surface area contributed by atoms with Gasteiger partial charge < -0.3 is 4.74 Å². The number of esters is 1. The second-order valence-corrected chi connectivity index (χ2v) is 4.15. The third-order valence-electron chi connectivity index (χ3n) is 1.83. The summed E-state index contributed by atoms with van der Waals surface area (Å²) in [6.07, 6.45) is 1.52. The lowest BCUT2D eigenvalue weighted by atomic mass is 10.4. The van der Waals surface area contributed by atoms with Gasteiger partial charge in [-0.2, -0.15) is 0 Å². The number of nitrogens with zero attached hydrogens (tertiary/aromatic N) is 1. The fraction of sp³-hybridized carbons (Fsp3) is 0.444. The predicted octanol–water partition coefficient (Wildman–Crippen LogP) is 0.0944. The number of H-pyrrole nitrogens is 1. The van der Waals surface area contributed by atoms with E-state index in [1.54, 1.807) is 6.92 Å². The van der Waals surface area contributed by atoms with E-state index in [1.807, 2.05) is 22.6 Å². The number of aromatic nitrogens is 2. The molecule has 1 aromatic rings. The van der Waals surface area contributed by atoms with Crippen LogP contribution in [0.4, 0.5) is 0 Å². The minimum atomic E-state index is -0.519. The molecule has 0 saturated heterocycles. The van der Waals surface area contributed by atoms with Gasteiger partial charge >= 0.3 is 11.7 Å². The number of hydrogen-bond donors (Lipinski definition) is 1. The van der Waals surface area contributed by atoms with E-state index in [9.17, 15) is 14.4 Å². The minimum absolute atomic E-state index is 0.107. The van der Waals surface area contributed by atoms with E-state index in [-0.39, 0.29) is 18.9 Å². The molecule has 1 heterocycles. The van der Waals surface area contributed by atoms with E-state index in [4.69, 9.17) is 4.74 Å². The Morgan fingerprint density at radius 3 is 2.88 bits per heavy atom. The topological polar surface area (TPSA) is 81.2 Å². The number of carbonyl (C=O) groups is 1. The lowest BCUT2D eigenvalue weighted by Gasteiger charge is -2.04. The summed E-state index contributed by atoms with van der Waals surface area (Å²) < 4.78 is 6.41. The Morgan fingerprint density at radius 1 is 1.56 bits per heavy atom. The molecule has 1 rings (SSSR count). The standard InChI is InChI=1S/C9H11IN2O4/c1-2-16-7(13)3-4-12-5-6(10)8(14)11-9(12)15/h5H,2-4H2,1H3,(H,11,14,15). The molecule has 0 unspecified atom stereocenters. The third-order valence-corrected chi connectivity index (χ3v) is 2.60. The van der Waals surface area contributed by atoms with Crippen LogP contribution >= 0.6 is 22.6 Å². The Balaban J connectivity index is 2.75. The maximum absolute atomic E-state index is 11.3. The van der Waals surface area contributed by atoms with Crippen LogP contribution < -0.4 is 11.2 Å². The molecule has 0 aliphatic carbocycles. The normalized spacial score (nSPS) is 10.1. The highest BCUT2D eigenvalue weighted by molar-refractivity contribution is 14.1. The van der Waals surface area contributed by atoms with Gasteiger partial charge in [0.15, 0.2) is 0 Å². The summed E-state index contributed by atoms with van der Waals surface area (Å²) in [7, 11) is 0. The van der Waals surface area contributed by atoms with E-state index in [0.29, 0.717) is 10.2 Å². The molecule has 0 amide bonds. The molecule has 0 bridgehead atoms. The van der Waals surface area contributed by atoms with E-state index in [0.717, 1.165) is 0 Å². The highest BCUT2D eigenvalue weighted by Gasteiger charge is 2.05. The molecule has 0 radical (unpaired) electrons. The van der Waals surface area contributed by atoms with Crippen molar-refractivity contribution in [3.63, 3.8) is 0 Å². The maximum atomic E-state index is 11.3. The summed E-state index contributed by atoms with van der Waals surface area (Å²) in [4.78, 5) is 35.6. The van der Waals surface area contributed by atoms with Gasteiger partial charge in [0.2, 0.25) is 0 Å². The van der Waals surface area contributed by atoms with Crippen molar-refractivity contribution in [2.45, 2.75) is 19.9 Å². The molecule has 6 nitrogen and oxygen atoms in total. The Hall–Kier alpha value is -1.12. The molecule has 1 aromatic heterocycles. The minimum Gasteiger partial charge on any atom is -0.466 e. The summed E-state index contributed by atoms with van der Waals surface area (Å²) >= 11 is 1.82. The van der Waals surface area contributed by atoms with Gasteiger partial charge in [0, 0.05) is 12.7 Å². The van der Waals surface area contributed by atoms with Gasteiger partial charge in [0.05, 0.1) is 16.6 Å². The van der Waals surface area contributed by atoms with Gasteiger partial charge in [0.1, 0.15) is 0 Å². The maximum Gasteiger partial charge on any atom is 0.328 e. The smallest absolute Gasteiger partial charge is 0.328 e. The first-order valence-corrected chi connectivity index (χ1v) is 5.77. The Labute approximate surface area is 105 Å². The first kappa shape index (κ1) is 12.9. The molecule has 0 spiro atoms. The van der Waals surface area contributed by atoms with Crippen LogP contribution in [-0.2, 0) is 16.1 Å². The molecule has 16 heavy (non-hydrogen) atoms.